The van der Waals surface area contributed by atoms with Crippen LogP contribution in [0.4, 0.5) is 5.13 Å². The number of carbonyl (C=O) groups is 1. The Morgan fingerprint density at radius 3 is 2.60 bits per heavy atom. The van der Waals surface area contributed by atoms with Crippen molar-refractivity contribution in [2.45, 2.75) is 27.2 Å². The van der Waals surface area contributed by atoms with Gasteiger partial charge in [0, 0.05) is 22.1 Å². The Kier molecular flexibility index (Phi) is 7.63. The van der Waals surface area contributed by atoms with Gasteiger partial charge in [-0.05, 0) is 56.7 Å². The third kappa shape index (κ3) is 5.70. The molecule has 3 rings (SSSR count). The molecule has 1 N–H and O–H groups in total. The largest absolute Gasteiger partial charge is 0.494 e. The molecule has 0 fully saturated rings. The third-order valence-electron chi connectivity index (χ3n) is 4.26. The Hall–Kier alpha value is -3.12. The predicted molar refractivity (Wildman–Crippen MR) is 123 cm³/mol. The molecule has 0 atom stereocenters. The lowest BCUT2D eigenvalue weighted by molar-refractivity contribution is -0.111. The number of hydrogen-bond acceptors (Lipinski definition) is 5. The summed E-state index contributed by atoms with van der Waals surface area (Å²) in [6.45, 7) is 7.29. The summed E-state index contributed by atoms with van der Waals surface area (Å²) in [6, 6.07) is 15.5. The number of hydrogen-bond donors (Lipinski definition) is 1. The van der Waals surface area contributed by atoms with Crippen LogP contribution >= 0.6 is 11.3 Å². The van der Waals surface area contributed by atoms with Gasteiger partial charge in [-0.25, -0.2) is 4.98 Å². The summed E-state index contributed by atoms with van der Waals surface area (Å²) in [7, 11) is 0. The minimum absolute atomic E-state index is 0.229. The molecule has 0 spiro atoms. The van der Waals surface area contributed by atoms with E-state index < -0.39 is 0 Å². The number of nitrogens with zero attached hydrogens (tertiary/aromatic N) is 1. The zero-order valence-electron chi connectivity index (χ0n) is 17.5. The molecular weight excluding hydrogens is 396 g/mol. The summed E-state index contributed by atoms with van der Waals surface area (Å²) in [5.74, 6) is 1.37. The number of benzene rings is 2. The van der Waals surface area contributed by atoms with Crippen molar-refractivity contribution in [1.29, 1.82) is 0 Å². The number of para-hydroxylation sites is 1. The zero-order chi connectivity index (χ0) is 21.3. The normalized spacial score (nSPS) is 10.9. The van der Waals surface area contributed by atoms with Crippen LogP contribution in [0.25, 0.3) is 17.3 Å². The van der Waals surface area contributed by atoms with E-state index in [-0.39, 0.29) is 5.91 Å². The second-order valence-electron chi connectivity index (χ2n) is 6.59. The third-order valence-corrected chi connectivity index (χ3v) is 5.15. The maximum absolute atomic E-state index is 12.4. The Balaban J connectivity index is 1.68. The van der Waals surface area contributed by atoms with Gasteiger partial charge in [0.1, 0.15) is 11.5 Å². The molecule has 1 amide bonds. The molecule has 0 unspecified atom stereocenters. The Morgan fingerprint density at radius 1 is 1.10 bits per heavy atom. The Morgan fingerprint density at radius 2 is 1.87 bits per heavy atom. The first-order valence-corrected chi connectivity index (χ1v) is 10.8. The summed E-state index contributed by atoms with van der Waals surface area (Å²) in [6.07, 6.45) is 4.19. The van der Waals surface area contributed by atoms with Crippen LogP contribution in [-0.4, -0.2) is 24.1 Å². The lowest BCUT2D eigenvalue weighted by Gasteiger charge is -2.07. The fourth-order valence-corrected chi connectivity index (χ4v) is 3.71. The van der Waals surface area contributed by atoms with E-state index in [4.69, 9.17) is 9.47 Å². The fraction of sp³-hybridized carbons (Fsp3) is 0.250. The second kappa shape index (κ2) is 10.6. The molecule has 0 aliphatic rings. The summed E-state index contributed by atoms with van der Waals surface area (Å²) >= 11 is 1.46. The maximum Gasteiger partial charge on any atom is 0.250 e. The number of aromatic nitrogens is 1. The average Bonchev–Trinajstić information content (AvgIpc) is 3.12. The molecule has 3 aromatic rings. The quantitative estimate of drug-likeness (QED) is 0.432. The van der Waals surface area contributed by atoms with E-state index in [9.17, 15) is 4.79 Å². The first kappa shape index (κ1) is 21.6. The summed E-state index contributed by atoms with van der Waals surface area (Å²) in [4.78, 5) is 18.0. The molecule has 30 heavy (non-hydrogen) atoms. The van der Waals surface area contributed by atoms with Gasteiger partial charge in [0.05, 0.1) is 18.9 Å². The summed E-state index contributed by atoms with van der Waals surface area (Å²) in [5.41, 5.74) is 2.72. The van der Waals surface area contributed by atoms with Crippen LogP contribution in [0.3, 0.4) is 0 Å². The Labute approximate surface area is 181 Å². The van der Waals surface area contributed by atoms with Crippen LogP contribution in [0.15, 0.2) is 54.6 Å². The minimum atomic E-state index is -0.229. The standard InChI is InChI=1S/C24H26N2O3S/c1-4-16-29-21-9-7-6-8-18(21)12-15-22(27)25-24-26-23(17(3)30-24)19-10-13-20(14-11-19)28-5-2/h6-15H,4-5,16H2,1-3H3,(H,25,26,27)/b15-12+. The van der Waals surface area contributed by atoms with Gasteiger partial charge in [0.2, 0.25) is 5.91 Å². The smallest absolute Gasteiger partial charge is 0.250 e. The monoisotopic (exact) mass is 422 g/mol. The highest BCUT2D eigenvalue weighted by Gasteiger charge is 2.11. The van der Waals surface area contributed by atoms with E-state index in [0.29, 0.717) is 18.3 Å². The van der Waals surface area contributed by atoms with E-state index in [2.05, 4.69) is 17.2 Å². The van der Waals surface area contributed by atoms with E-state index in [1.54, 1.807) is 6.08 Å². The van der Waals surface area contributed by atoms with Crippen LogP contribution in [0.2, 0.25) is 0 Å². The molecule has 1 heterocycles. The van der Waals surface area contributed by atoms with E-state index in [1.807, 2.05) is 62.4 Å². The SMILES string of the molecule is CCCOc1ccccc1/C=C/C(=O)Nc1nc(-c2ccc(OCC)cc2)c(C)s1. The Bertz CT molecular complexity index is 1010. The summed E-state index contributed by atoms with van der Waals surface area (Å²) in [5, 5.41) is 3.42. The number of thiazole rings is 1. The second-order valence-corrected chi connectivity index (χ2v) is 7.79. The highest BCUT2D eigenvalue weighted by Crippen LogP contribution is 2.31. The van der Waals surface area contributed by atoms with Crippen molar-refractivity contribution in [3.8, 4) is 22.8 Å². The van der Waals surface area contributed by atoms with Crippen molar-refractivity contribution in [3.63, 3.8) is 0 Å². The van der Waals surface area contributed by atoms with Crippen molar-refractivity contribution in [2.75, 3.05) is 18.5 Å². The van der Waals surface area contributed by atoms with Crippen molar-refractivity contribution in [3.05, 3.63) is 65.0 Å². The van der Waals surface area contributed by atoms with Gasteiger partial charge in [-0.2, -0.15) is 0 Å². The lowest BCUT2D eigenvalue weighted by atomic mass is 10.1. The average molecular weight is 423 g/mol. The maximum atomic E-state index is 12.4. The topological polar surface area (TPSA) is 60.5 Å². The molecule has 0 bridgehead atoms. The molecule has 1 aromatic heterocycles. The van der Waals surface area contributed by atoms with Gasteiger partial charge in [0.15, 0.2) is 5.13 Å². The van der Waals surface area contributed by atoms with Crippen molar-refractivity contribution in [2.24, 2.45) is 0 Å². The van der Waals surface area contributed by atoms with Crippen molar-refractivity contribution >= 4 is 28.5 Å². The minimum Gasteiger partial charge on any atom is -0.494 e. The van der Waals surface area contributed by atoms with Gasteiger partial charge >= 0.3 is 0 Å². The first-order chi connectivity index (χ1) is 14.6. The van der Waals surface area contributed by atoms with Gasteiger partial charge in [0.25, 0.3) is 0 Å². The number of ether oxygens (including phenoxy) is 2. The highest BCUT2D eigenvalue weighted by molar-refractivity contribution is 7.16. The van der Waals surface area contributed by atoms with Crippen molar-refractivity contribution in [1.82, 2.24) is 4.98 Å². The summed E-state index contributed by atoms with van der Waals surface area (Å²) < 4.78 is 11.2. The molecule has 2 aromatic carbocycles. The molecule has 6 heteroatoms. The van der Waals surface area contributed by atoms with Gasteiger partial charge < -0.3 is 9.47 Å². The zero-order valence-corrected chi connectivity index (χ0v) is 18.3. The lowest BCUT2D eigenvalue weighted by Crippen LogP contribution is -2.07. The van der Waals surface area contributed by atoms with E-state index in [1.165, 1.54) is 17.4 Å². The van der Waals surface area contributed by atoms with E-state index in [0.717, 1.165) is 39.6 Å². The van der Waals surface area contributed by atoms with Crippen LogP contribution in [-0.2, 0) is 4.79 Å². The number of amides is 1. The molecule has 0 saturated carbocycles. The number of aryl methyl sites for hydroxylation is 1. The van der Waals surface area contributed by atoms with E-state index >= 15 is 0 Å². The number of rotatable bonds is 9. The van der Waals surface area contributed by atoms with Gasteiger partial charge in [-0.3, -0.25) is 10.1 Å². The predicted octanol–water partition coefficient (Wildman–Crippen LogP) is 5.96. The molecule has 5 nitrogen and oxygen atoms in total. The molecule has 0 radical (unpaired) electrons. The van der Waals surface area contributed by atoms with Gasteiger partial charge in [-0.15, -0.1) is 11.3 Å². The first-order valence-electron chi connectivity index (χ1n) is 10.0. The molecule has 0 aliphatic heterocycles. The molecule has 0 saturated heterocycles. The van der Waals surface area contributed by atoms with Gasteiger partial charge in [-0.1, -0.05) is 25.1 Å². The van der Waals surface area contributed by atoms with Crippen LogP contribution < -0.4 is 14.8 Å². The number of nitrogens with one attached hydrogen (secondary N) is 1. The van der Waals surface area contributed by atoms with Crippen LogP contribution in [0.5, 0.6) is 11.5 Å². The number of carbonyl (C=O) groups excluding carboxylic acids is 1. The number of anilines is 1. The highest BCUT2D eigenvalue weighted by atomic mass is 32.1. The van der Waals surface area contributed by atoms with Crippen LogP contribution in [0, 0.1) is 6.92 Å². The molecule has 0 aliphatic carbocycles. The molecular formula is C24H26N2O3S. The van der Waals surface area contributed by atoms with Crippen LogP contribution in [0.1, 0.15) is 30.7 Å². The van der Waals surface area contributed by atoms with Crippen molar-refractivity contribution < 1.29 is 14.3 Å². The fourth-order valence-electron chi connectivity index (χ4n) is 2.87. The molecule has 156 valence electrons.